The van der Waals surface area contributed by atoms with E-state index in [9.17, 15) is 9.18 Å². The van der Waals surface area contributed by atoms with E-state index in [0.29, 0.717) is 16.9 Å². The van der Waals surface area contributed by atoms with Crippen molar-refractivity contribution in [2.24, 2.45) is 5.73 Å². The highest BCUT2D eigenvalue weighted by molar-refractivity contribution is 6.14. The van der Waals surface area contributed by atoms with E-state index in [1.54, 1.807) is 23.7 Å². The van der Waals surface area contributed by atoms with Crippen LogP contribution in [0.1, 0.15) is 28.2 Å². The average molecular weight is 406 g/mol. The molecule has 0 spiro atoms. The number of fused-ring (bicyclic) bond motifs is 2. The topological polar surface area (TPSA) is 91.5 Å². The minimum Gasteiger partial charge on any atom is -0.369 e. The van der Waals surface area contributed by atoms with E-state index < -0.39 is 5.82 Å². The molecule has 0 aliphatic carbocycles. The van der Waals surface area contributed by atoms with Crippen molar-refractivity contribution >= 4 is 33.8 Å². The summed E-state index contributed by atoms with van der Waals surface area (Å²) in [5, 5.41) is 3.80. The van der Waals surface area contributed by atoms with Gasteiger partial charge in [0.25, 0.3) is 5.91 Å². The Bertz CT molecular complexity index is 1290. The van der Waals surface area contributed by atoms with Crippen molar-refractivity contribution < 1.29 is 9.18 Å². The molecule has 0 radical (unpaired) electrons. The molecule has 3 aromatic heterocycles. The standard InChI is InChI=1S/C22H23FN6O/c1-12-7-17-19(28-6-5-14(24)10-28)4-3-16(20(17)25-12)22(30)27-15-8-18(23)21-26-13(2)9-29(21)11-15/h3-4,7-9,11,14,25H,5-6,10,24H2,1-2H3,(H,27,30)/t14-/m0/s1. The minimum absolute atomic E-state index is 0.166. The van der Waals surface area contributed by atoms with Gasteiger partial charge in [-0.1, -0.05) is 0 Å². The van der Waals surface area contributed by atoms with Crippen molar-refractivity contribution in [1.82, 2.24) is 14.4 Å². The van der Waals surface area contributed by atoms with Crippen molar-refractivity contribution in [1.29, 1.82) is 0 Å². The molecule has 0 saturated carbocycles. The first kappa shape index (κ1) is 18.6. The van der Waals surface area contributed by atoms with E-state index in [2.05, 4.69) is 20.2 Å². The van der Waals surface area contributed by atoms with Crippen LogP contribution in [-0.2, 0) is 0 Å². The molecule has 154 valence electrons. The first-order valence-corrected chi connectivity index (χ1v) is 9.98. The third kappa shape index (κ3) is 3.09. The molecule has 1 fully saturated rings. The van der Waals surface area contributed by atoms with Gasteiger partial charge in [0.15, 0.2) is 11.5 Å². The first-order valence-electron chi connectivity index (χ1n) is 9.98. The Morgan fingerprint density at radius 1 is 1.30 bits per heavy atom. The van der Waals surface area contributed by atoms with Crippen molar-refractivity contribution in [2.75, 3.05) is 23.3 Å². The fraction of sp³-hybridized carbons (Fsp3) is 0.273. The highest BCUT2D eigenvalue weighted by atomic mass is 19.1. The van der Waals surface area contributed by atoms with Crippen molar-refractivity contribution in [3.63, 3.8) is 0 Å². The van der Waals surface area contributed by atoms with E-state index in [1.165, 1.54) is 6.07 Å². The number of hydrogen-bond donors (Lipinski definition) is 3. The lowest BCUT2D eigenvalue weighted by atomic mass is 10.1. The lowest BCUT2D eigenvalue weighted by Crippen LogP contribution is -2.26. The zero-order valence-corrected chi connectivity index (χ0v) is 16.9. The van der Waals surface area contributed by atoms with Crippen LogP contribution >= 0.6 is 0 Å². The van der Waals surface area contributed by atoms with Crippen LogP contribution in [-0.4, -0.2) is 39.4 Å². The number of halogens is 1. The molecule has 1 atom stereocenters. The predicted molar refractivity (Wildman–Crippen MR) is 116 cm³/mol. The molecule has 1 saturated heterocycles. The Hall–Kier alpha value is -3.39. The van der Waals surface area contributed by atoms with Crippen LogP contribution in [0.2, 0.25) is 0 Å². The van der Waals surface area contributed by atoms with Crippen LogP contribution in [0.4, 0.5) is 15.8 Å². The maximum absolute atomic E-state index is 14.4. The molecule has 7 nitrogen and oxygen atoms in total. The number of aromatic nitrogens is 3. The predicted octanol–water partition coefficient (Wildman–Crippen LogP) is 3.36. The number of imidazole rings is 1. The zero-order chi connectivity index (χ0) is 21.0. The van der Waals surface area contributed by atoms with Crippen LogP contribution in [0.3, 0.4) is 0 Å². The van der Waals surface area contributed by atoms with Crippen molar-refractivity contribution in [3.8, 4) is 0 Å². The van der Waals surface area contributed by atoms with E-state index in [1.807, 2.05) is 25.1 Å². The van der Waals surface area contributed by atoms with Crippen LogP contribution in [0, 0.1) is 19.7 Å². The summed E-state index contributed by atoms with van der Waals surface area (Å²) in [7, 11) is 0. The van der Waals surface area contributed by atoms with E-state index >= 15 is 0 Å². The average Bonchev–Trinajstić information content (AvgIpc) is 3.38. The smallest absolute Gasteiger partial charge is 0.257 e. The van der Waals surface area contributed by atoms with Gasteiger partial charge in [0, 0.05) is 54.4 Å². The molecule has 8 heteroatoms. The molecule has 0 bridgehead atoms. The molecule has 5 rings (SSSR count). The molecule has 0 unspecified atom stereocenters. The Labute approximate surface area is 172 Å². The second-order valence-corrected chi connectivity index (χ2v) is 8.01. The molecule has 4 N–H and O–H groups in total. The van der Waals surface area contributed by atoms with Gasteiger partial charge in [0.1, 0.15) is 0 Å². The van der Waals surface area contributed by atoms with Gasteiger partial charge < -0.3 is 25.3 Å². The van der Waals surface area contributed by atoms with E-state index in [0.717, 1.165) is 41.8 Å². The van der Waals surface area contributed by atoms with Crippen LogP contribution in [0.25, 0.3) is 16.6 Å². The van der Waals surface area contributed by atoms with Crippen LogP contribution in [0.15, 0.2) is 36.7 Å². The van der Waals surface area contributed by atoms with Gasteiger partial charge in [-0.2, -0.15) is 0 Å². The summed E-state index contributed by atoms with van der Waals surface area (Å²) in [6.45, 7) is 5.46. The summed E-state index contributed by atoms with van der Waals surface area (Å²) >= 11 is 0. The number of carbonyl (C=O) groups excluding carboxylic acids is 1. The number of hydrogen-bond acceptors (Lipinski definition) is 4. The molecule has 1 aromatic carbocycles. The maximum atomic E-state index is 14.4. The third-order valence-electron chi connectivity index (χ3n) is 5.60. The number of nitrogens with two attached hydrogens (primary N) is 1. The molecular formula is C22H23FN6O. The quantitative estimate of drug-likeness (QED) is 0.487. The van der Waals surface area contributed by atoms with Gasteiger partial charge in [-0.05, 0) is 38.5 Å². The number of amides is 1. The maximum Gasteiger partial charge on any atom is 0.257 e. The van der Waals surface area contributed by atoms with Gasteiger partial charge in [0.05, 0.1) is 22.5 Å². The highest BCUT2D eigenvalue weighted by Crippen LogP contribution is 2.32. The molecule has 4 aromatic rings. The summed E-state index contributed by atoms with van der Waals surface area (Å²) in [6, 6.07) is 7.27. The number of rotatable bonds is 3. The van der Waals surface area contributed by atoms with Crippen molar-refractivity contribution in [2.45, 2.75) is 26.3 Å². The van der Waals surface area contributed by atoms with Gasteiger partial charge in [0.2, 0.25) is 0 Å². The summed E-state index contributed by atoms with van der Waals surface area (Å²) in [4.78, 5) is 22.8. The number of anilines is 2. The summed E-state index contributed by atoms with van der Waals surface area (Å²) in [6.07, 6.45) is 4.33. The van der Waals surface area contributed by atoms with E-state index in [4.69, 9.17) is 5.73 Å². The van der Waals surface area contributed by atoms with E-state index in [-0.39, 0.29) is 17.6 Å². The van der Waals surface area contributed by atoms with Crippen LogP contribution in [0.5, 0.6) is 0 Å². The Morgan fingerprint density at radius 2 is 2.13 bits per heavy atom. The molecule has 1 aliphatic rings. The van der Waals surface area contributed by atoms with Gasteiger partial charge >= 0.3 is 0 Å². The summed E-state index contributed by atoms with van der Waals surface area (Å²) < 4.78 is 15.9. The number of pyridine rings is 1. The molecular weight excluding hydrogens is 383 g/mol. The number of aromatic amines is 1. The van der Waals surface area contributed by atoms with Gasteiger partial charge in [-0.15, -0.1) is 0 Å². The monoisotopic (exact) mass is 406 g/mol. The third-order valence-corrected chi connectivity index (χ3v) is 5.60. The second kappa shape index (κ2) is 6.84. The number of nitrogens with one attached hydrogen (secondary N) is 2. The largest absolute Gasteiger partial charge is 0.369 e. The fourth-order valence-corrected chi connectivity index (χ4v) is 4.26. The Kier molecular flexibility index (Phi) is 4.25. The fourth-order valence-electron chi connectivity index (χ4n) is 4.26. The Morgan fingerprint density at radius 3 is 2.90 bits per heavy atom. The Balaban J connectivity index is 1.51. The summed E-state index contributed by atoms with van der Waals surface area (Å²) in [5.74, 6) is -0.787. The van der Waals surface area contributed by atoms with Crippen LogP contribution < -0.4 is 16.0 Å². The highest BCUT2D eigenvalue weighted by Gasteiger charge is 2.23. The number of nitrogens with zero attached hydrogens (tertiary/aromatic N) is 3. The SMILES string of the molecule is Cc1cn2cc(NC(=O)c3ccc(N4CC[C@H](N)C4)c4cc(C)[nH]c34)cc(F)c2n1. The normalized spacial score (nSPS) is 16.7. The van der Waals surface area contributed by atoms with Gasteiger partial charge in [-0.3, -0.25) is 4.79 Å². The number of H-pyrrole nitrogens is 1. The first-order chi connectivity index (χ1) is 14.4. The lowest BCUT2D eigenvalue weighted by Gasteiger charge is -2.20. The van der Waals surface area contributed by atoms with Crippen molar-refractivity contribution in [3.05, 3.63) is 59.4 Å². The lowest BCUT2D eigenvalue weighted by molar-refractivity contribution is 0.102. The number of aryl methyl sites for hydroxylation is 2. The molecule has 1 amide bonds. The molecule has 4 heterocycles. The summed E-state index contributed by atoms with van der Waals surface area (Å²) in [5.41, 5.74) is 10.7. The molecule has 30 heavy (non-hydrogen) atoms. The second-order valence-electron chi connectivity index (χ2n) is 8.01. The number of carbonyl (C=O) groups is 1. The number of benzene rings is 1. The zero-order valence-electron chi connectivity index (χ0n) is 16.9. The van der Waals surface area contributed by atoms with Gasteiger partial charge in [-0.25, -0.2) is 9.37 Å². The minimum atomic E-state index is -0.484. The molecule has 1 aliphatic heterocycles.